The first-order valence-electron chi connectivity index (χ1n) is 4.66. The highest BCUT2D eigenvalue weighted by Gasteiger charge is 2.10. The first-order valence-corrected chi connectivity index (χ1v) is 4.66. The van der Waals surface area contributed by atoms with E-state index in [1.54, 1.807) is 23.1 Å². The number of hydrogen-bond donors (Lipinski definition) is 2. The number of carboxylic acids is 1. The van der Waals surface area contributed by atoms with E-state index in [4.69, 9.17) is 5.11 Å². The number of aromatic hydroxyl groups is 1. The van der Waals surface area contributed by atoms with Crippen molar-refractivity contribution in [2.75, 3.05) is 0 Å². The van der Waals surface area contributed by atoms with Crippen molar-refractivity contribution < 1.29 is 15.0 Å². The third kappa shape index (κ3) is 1.75. The molecule has 2 rings (SSSR count). The van der Waals surface area contributed by atoms with Gasteiger partial charge in [-0.2, -0.15) is 5.10 Å². The number of aromatic nitrogens is 2. The van der Waals surface area contributed by atoms with Gasteiger partial charge in [-0.3, -0.25) is 0 Å². The summed E-state index contributed by atoms with van der Waals surface area (Å²) in [6, 6.07) is 4.31. The van der Waals surface area contributed by atoms with Gasteiger partial charge in [-0.25, -0.2) is 9.48 Å². The van der Waals surface area contributed by atoms with Crippen molar-refractivity contribution in [1.82, 2.24) is 9.78 Å². The van der Waals surface area contributed by atoms with Crippen molar-refractivity contribution >= 4 is 5.97 Å². The van der Waals surface area contributed by atoms with Crippen molar-refractivity contribution in [3.8, 4) is 11.4 Å². The number of aromatic carboxylic acids is 1. The summed E-state index contributed by atoms with van der Waals surface area (Å²) < 4.78 is 1.57. The zero-order valence-electron chi connectivity index (χ0n) is 8.58. The molecule has 5 nitrogen and oxygen atoms in total. The highest BCUT2D eigenvalue weighted by molar-refractivity contribution is 5.91. The molecule has 1 heterocycles. The van der Waals surface area contributed by atoms with Crippen molar-refractivity contribution in [2.45, 2.75) is 6.92 Å². The van der Waals surface area contributed by atoms with Crippen LogP contribution in [0.5, 0.6) is 5.75 Å². The maximum Gasteiger partial charge on any atom is 0.339 e. The van der Waals surface area contributed by atoms with Crippen LogP contribution >= 0.6 is 0 Å². The second-order valence-electron chi connectivity index (χ2n) is 3.47. The van der Waals surface area contributed by atoms with E-state index < -0.39 is 5.97 Å². The van der Waals surface area contributed by atoms with Gasteiger partial charge in [0.25, 0.3) is 0 Å². The molecule has 0 aliphatic carbocycles. The van der Waals surface area contributed by atoms with E-state index >= 15 is 0 Å². The SMILES string of the molecule is Cc1cnn(-c2ccc(C(=O)O)c(O)c2)c1. The average Bonchev–Trinajstić information content (AvgIpc) is 2.64. The van der Waals surface area contributed by atoms with Crippen molar-refractivity contribution in [3.63, 3.8) is 0 Å². The highest BCUT2D eigenvalue weighted by Crippen LogP contribution is 2.21. The molecule has 0 radical (unpaired) electrons. The molecule has 0 aliphatic heterocycles. The molecule has 2 N–H and O–H groups in total. The molecule has 16 heavy (non-hydrogen) atoms. The lowest BCUT2D eigenvalue weighted by Gasteiger charge is -2.04. The normalized spacial score (nSPS) is 10.3. The predicted octanol–water partition coefficient (Wildman–Crippen LogP) is 1.58. The lowest BCUT2D eigenvalue weighted by molar-refractivity contribution is 0.0694. The van der Waals surface area contributed by atoms with Gasteiger partial charge >= 0.3 is 5.97 Å². The van der Waals surface area contributed by atoms with E-state index in [0.29, 0.717) is 5.69 Å². The van der Waals surface area contributed by atoms with Crippen LogP contribution < -0.4 is 0 Å². The number of nitrogens with zero attached hydrogens (tertiary/aromatic N) is 2. The zero-order valence-corrected chi connectivity index (χ0v) is 8.58. The molecular formula is C11H10N2O3. The topological polar surface area (TPSA) is 75.4 Å². The summed E-state index contributed by atoms with van der Waals surface area (Å²) in [5, 5.41) is 22.3. The van der Waals surface area contributed by atoms with Gasteiger partial charge in [-0.15, -0.1) is 0 Å². The van der Waals surface area contributed by atoms with E-state index in [-0.39, 0.29) is 11.3 Å². The summed E-state index contributed by atoms with van der Waals surface area (Å²) in [7, 11) is 0. The van der Waals surface area contributed by atoms with Crippen LogP contribution in [0.4, 0.5) is 0 Å². The molecular weight excluding hydrogens is 208 g/mol. The van der Waals surface area contributed by atoms with Crippen molar-refractivity contribution in [1.29, 1.82) is 0 Å². The fraction of sp³-hybridized carbons (Fsp3) is 0.0909. The minimum Gasteiger partial charge on any atom is -0.507 e. The quantitative estimate of drug-likeness (QED) is 0.802. The second-order valence-corrected chi connectivity index (χ2v) is 3.47. The van der Waals surface area contributed by atoms with Gasteiger partial charge in [0.2, 0.25) is 0 Å². The molecule has 0 atom stereocenters. The predicted molar refractivity (Wildman–Crippen MR) is 56.9 cm³/mol. The Morgan fingerprint density at radius 1 is 1.44 bits per heavy atom. The number of carboxylic acid groups (broad SMARTS) is 1. The summed E-state index contributed by atoms with van der Waals surface area (Å²) in [4.78, 5) is 10.7. The molecule has 0 aliphatic rings. The minimum atomic E-state index is -1.15. The maximum absolute atomic E-state index is 10.7. The largest absolute Gasteiger partial charge is 0.507 e. The molecule has 0 fully saturated rings. The zero-order chi connectivity index (χ0) is 11.7. The Kier molecular flexibility index (Phi) is 2.36. The Bertz CT molecular complexity index is 546. The van der Waals surface area contributed by atoms with Crippen LogP contribution in [0.1, 0.15) is 15.9 Å². The van der Waals surface area contributed by atoms with Gasteiger partial charge in [0.05, 0.1) is 11.9 Å². The van der Waals surface area contributed by atoms with E-state index in [0.717, 1.165) is 5.56 Å². The van der Waals surface area contributed by atoms with Gasteiger partial charge in [-0.1, -0.05) is 0 Å². The summed E-state index contributed by atoms with van der Waals surface area (Å²) >= 11 is 0. The molecule has 5 heteroatoms. The number of aryl methyl sites for hydroxylation is 1. The van der Waals surface area contributed by atoms with Crippen LogP contribution in [0.2, 0.25) is 0 Å². The van der Waals surface area contributed by atoms with E-state index in [1.807, 2.05) is 6.92 Å². The fourth-order valence-corrected chi connectivity index (χ4v) is 1.40. The van der Waals surface area contributed by atoms with Crippen LogP contribution in [0.25, 0.3) is 5.69 Å². The average molecular weight is 218 g/mol. The van der Waals surface area contributed by atoms with Gasteiger partial charge in [0.1, 0.15) is 11.3 Å². The summed E-state index contributed by atoms with van der Waals surface area (Å²) in [6.45, 7) is 1.90. The van der Waals surface area contributed by atoms with Crippen LogP contribution in [0.15, 0.2) is 30.6 Å². The smallest absolute Gasteiger partial charge is 0.339 e. The standard InChI is InChI=1S/C11H10N2O3/c1-7-5-12-13(6-7)8-2-3-9(11(15)16)10(14)4-8/h2-6,14H,1H3,(H,15,16). The molecule has 0 saturated carbocycles. The van der Waals surface area contributed by atoms with E-state index in [1.165, 1.54) is 12.1 Å². The van der Waals surface area contributed by atoms with E-state index in [9.17, 15) is 9.90 Å². The molecule has 82 valence electrons. The van der Waals surface area contributed by atoms with Gasteiger partial charge in [0.15, 0.2) is 0 Å². The fourth-order valence-electron chi connectivity index (χ4n) is 1.40. The monoisotopic (exact) mass is 218 g/mol. The van der Waals surface area contributed by atoms with Crippen LogP contribution in [0, 0.1) is 6.92 Å². The summed E-state index contributed by atoms with van der Waals surface area (Å²) in [6.07, 6.45) is 3.47. The number of carbonyl (C=O) groups is 1. The van der Waals surface area contributed by atoms with Crippen LogP contribution in [-0.4, -0.2) is 26.0 Å². The Labute approximate surface area is 91.6 Å². The van der Waals surface area contributed by atoms with Gasteiger partial charge < -0.3 is 10.2 Å². The Hall–Kier alpha value is -2.30. The van der Waals surface area contributed by atoms with Crippen molar-refractivity contribution in [3.05, 3.63) is 41.7 Å². The maximum atomic E-state index is 10.7. The molecule has 1 aromatic carbocycles. The lowest BCUT2D eigenvalue weighted by atomic mass is 10.2. The van der Waals surface area contributed by atoms with Crippen LogP contribution in [0.3, 0.4) is 0 Å². The highest BCUT2D eigenvalue weighted by atomic mass is 16.4. The number of phenols is 1. The minimum absolute atomic E-state index is 0.118. The molecule has 2 aromatic rings. The Morgan fingerprint density at radius 2 is 2.19 bits per heavy atom. The Morgan fingerprint density at radius 3 is 2.69 bits per heavy atom. The summed E-state index contributed by atoms with van der Waals surface area (Å²) in [5.41, 5.74) is 1.49. The molecule has 1 aromatic heterocycles. The van der Waals surface area contributed by atoms with Gasteiger partial charge in [-0.05, 0) is 24.6 Å². The third-order valence-electron chi connectivity index (χ3n) is 2.19. The van der Waals surface area contributed by atoms with E-state index in [2.05, 4.69) is 5.10 Å². The summed E-state index contributed by atoms with van der Waals surface area (Å²) in [5.74, 6) is -1.42. The number of hydrogen-bond acceptors (Lipinski definition) is 3. The first-order chi connectivity index (χ1) is 7.58. The molecule has 0 saturated heterocycles. The van der Waals surface area contributed by atoms with Crippen molar-refractivity contribution in [2.24, 2.45) is 0 Å². The van der Waals surface area contributed by atoms with Gasteiger partial charge in [0, 0.05) is 12.3 Å². The molecule has 0 unspecified atom stereocenters. The first kappa shape index (κ1) is 10.2. The molecule has 0 bridgehead atoms. The lowest BCUT2D eigenvalue weighted by Crippen LogP contribution is -1.99. The third-order valence-corrected chi connectivity index (χ3v) is 2.19. The second kappa shape index (κ2) is 3.69. The molecule has 0 spiro atoms. The Balaban J connectivity index is 2.45. The number of benzene rings is 1. The number of rotatable bonds is 2. The molecule has 0 amide bonds. The van der Waals surface area contributed by atoms with Crippen LogP contribution in [-0.2, 0) is 0 Å².